The average Bonchev–Trinajstić information content (AvgIpc) is 2.55. The molecule has 1 heterocycles. The van der Waals surface area contributed by atoms with E-state index in [2.05, 4.69) is 15.4 Å². The molecule has 1 saturated carbocycles. The van der Waals surface area contributed by atoms with Crippen molar-refractivity contribution in [2.75, 3.05) is 0 Å². The summed E-state index contributed by atoms with van der Waals surface area (Å²) in [4.78, 5) is 11.1. The molecule has 0 saturated heterocycles. The van der Waals surface area contributed by atoms with Crippen LogP contribution >= 0.6 is 11.6 Å². The first-order valence-corrected chi connectivity index (χ1v) is 4.15. The Kier molecular flexibility index (Phi) is 1.65. The second-order valence-corrected chi connectivity index (χ2v) is 3.91. The monoisotopic (exact) mass is 185 g/mol. The standard InChI is InChI=1S/C7H8ClN3O/c8-7(1-2-7)3-6(12)5-4-9-11-10-5/h4H,1-3H2,(H,9,10,11). The van der Waals surface area contributed by atoms with Crippen LogP contribution in [-0.2, 0) is 0 Å². The summed E-state index contributed by atoms with van der Waals surface area (Å²) in [6, 6.07) is 0. The normalized spacial score (nSPS) is 19.1. The topological polar surface area (TPSA) is 58.6 Å². The zero-order valence-corrected chi connectivity index (χ0v) is 7.14. The number of ketones is 1. The number of carbonyl (C=O) groups excluding carboxylic acids is 1. The van der Waals surface area contributed by atoms with Gasteiger partial charge in [-0.3, -0.25) is 4.79 Å². The molecule has 12 heavy (non-hydrogen) atoms. The van der Waals surface area contributed by atoms with E-state index in [9.17, 15) is 4.79 Å². The second kappa shape index (κ2) is 2.55. The number of carbonyl (C=O) groups is 1. The van der Waals surface area contributed by atoms with E-state index < -0.39 is 0 Å². The Hall–Kier alpha value is -0.900. The molecule has 4 nitrogen and oxygen atoms in total. The largest absolute Gasteiger partial charge is 0.292 e. The summed E-state index contributed by atoms with van der Waals surface area (Å²) in [7, 11) is 0. The number of nitrogens with one attached hydrogen (secondary N) is 1. The maximum Gasteiger partial charge on any atom is 0.186 e. The van der Waals surface area contributed by atoms with Gasteiger partial charge in [-0.25, -0.2) is 0 Å². The van der Waals surface area contributed by atoms with E-state index in [4.69, 9.17) is 11.6 Å². The SMILES string of the molecule is O=C(CC1(Cl)CC1)c1cn[nH]n1. The van der Waals surface area contributed by atoms with Crippen molar-refractivity contribution in [1.29, 1.82) is 0 Å². The van der Waals surface area contributed by atoms with E-state index in [1.54, 1.807) is 0 Å². The summed E-state index contributed by atoms with van der Waals surface area (Å²) in [5.41, 5.74) is 0.377. The molecule has 0 atom stereocenters. The smallest absolute Gasteiger partial charge is 0.186 e. The molecule has 0 unspecified atom stereocenters. The molecule has 0 amide bonds. The molecular formula is C7H8ClN3O. The van der Waals surface area contributed by atoms with Crippen LogP contribution < -0.4 is 0 Å². The summed E-state index contributed by atoms with van der Waals surface area (Å²) < 4.78 is 0. The van der Waals surface area contributed by atoms with Crippen LogP contribution in [-0.4, -0.2) is 26.1 Å². The minimum atomic E-state index is -0.268. The van der Waals surface area contributed by atoms with Gasteiger partial charge in [0.15, 0.2) is 5.78 Å². The molecule has 1 N–H and O–H groups in total. The van der Waals surface area contributed by atoms with Gasteiger partial charge >= 0.3 is 0 Å². The van der Waals surface area contributed by atoms with Gasteiger partial charge in [0.05, 0.1) is 11.1 Å². The van der Waals surface area contributed by atoms with Crippen molar-refractivity contribution >= 4 is 17.4 Å². The Morgan fingerprint density at radius 2 is 2.50 bits per heavy atom. The Morgan fingerprint density at radius 3 is 3.00 bits per heavy atom. The number of H-pyrrole nitrogens is 1. The van der Waals surface area contributed by atoms with Crippen molar-refractivity contribution in [3.05, 3.63) is 11.9 Å². The van der Waals surface area contributed by atoms with Gasteiger partial charge in [-0.1, -0.05) is 0 Å². The minimum absolute atomic E-state index is 0.0312. The zero-order chi connectivity index (χ0) is 8.60. The maximum absolute atomic E-state index is 11.4. The third kappa shape index (κ3) is 1.48. The van der Waals surface area contributed by atoms with Gasteiger partial charge in [0.2, 0.25) is 0 Å². The Labute approximate surface area is 74.3 Å². The first-order chi connectivity index (χ1) is 5.70. The molecular weight excluding hydrogens is 178 g/mol. The van der Waals surface area contributed by atoms with E-state index in [0.29, 0.717) is 12.1 Å². The summed E-state index contributed by atoms with van der Waals surface area (Å²) in [5.74, 6) is -0.0312. The lowest BCUT2D eigenvalue weighted by molar-refractivity contribution is 0.0974. The van der Waals surface area contributed by atoms with Crippen LogP contribution in [0.4, 0.5) is 0 Å². The molecule has 2 rings (SSSR count). The third-order valence-corrected chi connectivity index (χ3v) is 2.48. The average molecular weight is 186 g/mol. The number of hydrogen-bond donors (Lipinski definition) is 1. The van der Waals surface area contributed by atoms with E-state index in [-0.39, 0.29) is 10.7 Å². The van der Waals surface area contributed by atoms with Crippen LogP contribution in [0.15, 0.2) is 6.20 Å². The van der Waals surface area contributed by atoms with Crippen molar-refractivity contribution in [2.45, 2.75) is 24.1 Å². The Balaban J connectivity index is 2.02. The predicted molar refractivity (Wildman–Crippen MR) is 43.1 cm³/mol. The lowest BCUT2D eigenvalue weighted by atomic mass is 10.1. The summed E-state index contributed by atoms with van der Waals surface area (Å²) in [6.45, 7) is 0. The van der Waals surface area contributed by atoms with Crippen molar-refractivity contribution < 1.29 is 4.79 Å². The van der Waals surface area contributed by atoms with Gasteiger partial charge in [0.25, 0.3) is 0 Å². The lowest BCUT2D eigenvalue weighted by Crippen LogP contribution is -2.09. The zero-order valence-electron chi connectivity index (χ0n) is 6.38. The van der Waals surface area contributed by atoms with Crippen LogP contribution in [0.5, 0.6) is 0 Å². The summed E-state index contributed by atoms with van der Waals surface area (Å²) in [5, 5.41) is 9.63. The van der Waals surface area contributed by atoms with Gasteiger partial charge in [0, 0.05) is 6.42 Å². The van der Waals surface area contributed by atoms with Gasteiger partial charge in [-0.15, -0.1) is 11.6 Å². The number of alkyl halides is 1. The van der Waals surface area contributed by atoms with E-state index in [0.717, 1.165) is 12.8 Å². The van der Waals surface area contributed by atoms with Crippen molar-refractivity contribution in [3.63, 3.8) is 0 Å². The van der Waals surface area contributed by atoms with Crippen LogP contribution in [0.3, 0.4) is 0 Å². The highest BCUT2D eigenvalue weighted by Crippen LogP contribution is 2.45. The van der Waals surface area contributed by atoms with Gasteiger partial charge < -0.3 is 0 Å². The maximum atomic E-state index is 11.4. The van der Waals surface area contributed by atoms with Gasteiger partial charge in [-0.2, -0.15) is 15.4 Å². The highest BCUT2D eigenvalue weighted by atomic mass is 35.5. The number of aromatic nitrogens is 3. The van der Waals surface area contributed by atoms with Crippen LogP contribution in [0, 0.1) is 0 Å². The fourth-order valence-electron chi connectivity index (χ4n) is 1.03. The van der Waals surface area contributed by atoms with Crippen molar-refractivity contribution in [3.8, 4) is 0 Å². The predicted octanol–water partition coefficient (Wildman–Crippen LogP) is 1.15. The molecule has 1 fully saturated rings. The van der Waals surface area contributed by atoms with Crippen molar-refractivity contribution in [2.24, 2.45) is 0 Å². The van der Waals surface area contributed by atoms with Crippen LogP contribution in [0.25, 0.3) is 0 Å². The number of nitrogens with zero attached hydrogens (tertiary/aromatic N) is 2. The summed E-state index contributed by atoms with van der Waals surface area (Å²) in [6.07, 6.45) is 3.66. The van der Waals surface area contributed by atoms with Crippen LogP contribution in [0.2, 0.25) is 0 Å². The number of aromatic amines is 1. The van der Waals surface area contributed by atoms with E-state index >= 15 is 0 Å². The minimum Gasteiger partial charge on any atom is -0.292 e. The first kappa shape index (κ1) is 7.73. The number of hydrogen-bond acceptors (Lipinski definition) is 3. The van der Waals surface area contributed by atoms with Gasteiger partial charge in [0.1, 0.15) is 5.69 Å². The fraction of sp³-hybridized carbons (Fsp3) is 0.571. The highest BCUT2D eigenvalue weighted by molar-refractivity contribution is 6.27. The fourth-order valence-corrected chi connectivity index (χ4v) is 1.24. The molecule has 1 aliphatic rings. The van der Waals surface area contributed by atoms with Crippen molar-refractivity contribution in [1.82, 2.24) is 15.4 Å². The second-order valence-electron chi connectivity index (χ2n) is 3.11. The van der Waals surface area contributed by atoms with Crippen LogP contribution in [0.1, 0.15) is 29.8 Å². The molecule has 1 aromatic rings. The first-order valence-electron chi connectivity index (χ1n) is 3.78. The number of halogens is 1. The molecule has 1 aliphatic carbocycles. The number of rotatable bonds is 3. The van der Waals surface area contributed by atoms with Gasteiger partial charge in [-0.05, 0) is 12.8 Å². The Bertz CT molecular complexity index is 292. The molecule has 1 aromatic heterocycles. The molecule has 5 heteroatoms. The molecule has 0 spiro atoms. The molecule has 0 bridgehead atoms. The quantitative estimate of drug-likeness (QED) is 0.568. The molecule has 64 valence electrons. The molecule has 0 aromatic carbocycles. The number of Topliss-reactive ketones (excluding diaryl/α,β-unsaturated/α-hetero) is 1. The highest BCUT2D eigenvalue weighted by Gasteiger charge is 2.42. The Morgan fingerprint density at radius 1 is 1.75 bits per heavy atom. The third-order valence-electron chi connectivity index (χ3n) is 1.97. The summed E-state index contributed by atoms with van der Waals surface area (Å²) >= 11 is 5.98. The van der Waals surface area contributed by atoms with E-state index in [1.807, 2.05) is 0 Å². The molecule has 0 radical (unpaired) electrons. The molecule has 0 aliphatic heterocycles. The van der Waals surface area contributed by atoms with E-state index in [1.165, 1.54) is 6.20 Å². The lowest BCUT2D eigenvalue weighted by Gasteiger charge is -2.00.